The molecular formula is C76H72BN3O. The summed E-state index contributed by atoms with van der Waals surface area (Å²) in [5.41, 5.74) is 25.6. The Hall–Kier alpha value is -8.54. The highest BCUT2D eigenvalue weighted by atomic mass is 16.3. The van der Waals surface area contributed by atoms with Crippen molar-refractivity contribution in [1.29, 1.82) is 0 Å². The third-order valence-corrected chi connectivity index (χ3v) is 17.1. The smallest absolute Gasteiger partial charge is 0.252 e. The van der Waals surface area contributed by atoms with Gasteiger partial charge in [0.25, 0.3) is 6.71 Å². The van der Waals surface area contributed by atoms with E-state index < -0.39 is 0 Å². The minimum atomic E-state index is -0.177. The lowest BCUT2D eigenvalue weighted by atomic mass is 9.33. The van der Waals surface area contributed by atoms with E-state index in [1.165, 1.54) is 72.5 Å². The van der Waals surface area contributed by atoms with Crippen molar-refractivity contribution in [3.8, 4) is 22.3 Å². The van der Waals surface area contributed by atoms with Gasteiger partial charge in [-0.15, -0.1) is 0 Å². The number of furan rings is 1. The van der Waals surface area contributed by atoms with Gasteiger partial charge in [0.05, 0.1) is 5.69 Å². The zero-order chi connectivity index (χ0) is 56.3. The van der Waals surface area contributed by atoms with E-state index in [-0.39, 0.29) is 28.4 Å². The molecule has 0 amide bonds. The number of rotatable bonds is 7. The van der Waals surface area contributed by atoms with Gasteiger partial charge in [-0.25, -0.2) is 0 Å². The third kappa shape index (κ3) is 9.12. The molecule has 4 nitrogen and oxygen atoms in total. The Balaban J connectivity index is 1.05. The van der Waals surface area contributed by atoms with Crippen LogP contribution < -0.4 is 31.1 Å². The van der Waals surface area contributed by atoms with Crippen molar-refractivity contribution < 1.29 is 4.42 Å². The maximum absolute atomic E-state index is 6.39. The van der Waals surface area contributed by atoms with Crippen LogP contribution in [0.2, 0.25) is 0 Å². The monoisotopic (exact) mass is 1050 g/mol. The lowest BCUT2D eigenvalue weighted by Gasteiger charge is -2.45. The molecule has 0 saturated heterocycles. The molecule has 13 rings (SSSR count). The van der Waals surface area contributed by atoms with E-state index in [4.69, 9.17) is 4.42 Å². The van der Waals surface area contributed by atoms with Gasteiger partial charge in [0.2, 0.25) is 0 Å². The SMILES string of the molecule is CC(C)(C)c1ccc(N(c2ccc3c(c2)N(c2ccc(C(C)(C)C)cc2)c2cc(C(C)(C)C)cc4c2B3c2cc(C(C)(C)C)ccc2N4c2ccc(-c3ccc4c(c3)oc3ccccc34)cc2)c2ccccc2-c2ccccc2)cc1. The lowest BCUT2D eigenvalue weighted by Crippen LogP contribution is -2.61. The highest BCUT2D eigenvalue weighted by molar-refractivity contribution is 7.00. The van der Waals surface area contributed by atoms with Gasteiger partial charge in [0.15, 0.2) is 0 Å². The van der Waals surface area contributed by atoms with Gasteiger partial charge >= 0.3 is 0 Å². The number of fused-ring (bicyclic) bond motifs is 7. The zero-order valence-electron chi connectivity index (χ0n) is 49.1. The van der Waals surface area contributed by atoms with Crippen LogP contribution in [-0.4, -0.2) is 6.71 Å². The molecule has 0 bridgehead atoms. The molecule has 0 spiro atoms. The maximum Gasteiger partial charge on any atom is 0.252 e. The molecule has 1 aromatic heterocycles. The van der Waals surface area contributed by atoms with E-state index in [1.807, 2.05) is 6.07 Å². The van der Waals surface area contributed by atoms with Crippen molar-refractivity contribution in [2.75, 3.05) is 14.7 Å². The molecule has 10 aromatic carbocycles. The summed E-state index contributed by atoms with van der Waals surface area (Å²) >= 11 is 0. The topological polar surface area (TPSA) is 22.9 Å². The van der Waals surface area contributed by atoms with E-state index >= 15 is 0 Å². The van der Waals surface area contributed by atoms with Crippen LogP contribution in [0.3, 0.4) is 0 Å². The lowest BCUT2D eigenvalue weighted by molar-refractivity contribution is 0.590. The Bertz CT molecular complexity index is 4200. The zero-order valence-corrected chi connectivity index (χ0v) is 49.1. The van der Waals surface area contributed by atoms with E-state index in [2.05, 4.69) is 310 Å². The summed E-state index contributed by atoms with van der Waals surface area (Å²) in [7, 11) is 0. The van der Waals surface area contributed by atoms with Crippen LogP contribution in [-0.2, 0) is 21.7 Å². The van der Waals surface area contributed by atoms with Gasteiger partial charge in [0.1, 0.15) is 11.2 Å². The summed E-state index contributed by atoms with van der Waals surface area (Å²) < 4.78 is 6.39. The van der Waals surface area contributed by atoms with Crippen molar-refractivity contribution >= 4 is 96.2 Å². The average molecular weight is 1050 g/mol. The maximum atomic E-state index is 6.39. The molecule has 2 aliphatic heterocycles. The Kier molecular flexibility index (Phi) is 12.2. The highest BCUT2D eigenvalue weighted by Crippen LogP contribution is 2.50. The fourth-order valence-electron chi connectivity index (χ4n) is 12.5. The van der Waals surface area contributed by atoms with Crippen LogP contribution in [0.25, 0.3) is 44.2 Å². The third-order valence-electron chi connectivity index (χ3n) is 17.1. The molecule has 5 heteroatoms. The summed E-state index contributed by atoms with van der Waals surface area (Å²) in [6, 6.07) is 82.1. The van der Waals surface area contributed by atoms with Gasteiger partial charge in [-0.05, 0) is 168 Å². The molecule has 0 radical (unpaired) electrons. The van der Waals surface area contributed by atoms with Crippen LogP contribution in [0.5, 0.6) is 0 Å². The number of hydrogen-bond donors (Lipinski definition) is 0. The molecule has 0 saturated carbocycles. The predicted molar refractivity (Wildman–Crippen MR) is 348 cm³/mol. The van der Waals surface area contributed by atoms with Gasteiger partial charge in [-0.2, -0.15) is 0 Å². The normalized spacial score (nSPS) is 13.4. The van der Waals surface area contributed by atoms with E-state index in [0.29, 0.717) is 0 Å². The van der Waals surface area contributed by atoms with Crippen molar-refractivity contribution in [3.63, 3.8) is 0 Å². The standard InChI is InChI=1S/C76H72BN3O/c1-73(2,3)52-29-36-56(37-30-52)78(65-24-18-16-22-60(65)50-20-14-13-15-21-50)59-40-42-63-67(48-59)80(58-38-31-53(32-39-58)74(4,5)6)69-47-55(76(10,11)12)46-68-72(69)77(63)64-45-54(75(7,8)9)33-43-66(64)79(68)57-34-26-49(27-35-57)51-28-41-62-61-23-17-19-25-70(61)81-71(62)44-51/h13-48H,1-12H3. The fraction of sp³-hybridized carbons (Fsp3) is 0.211. The van der Waals surface area contributed by atoms with Crippen molar-refractivity contribution in [2.45, 2.75) is 105 Å². The van der Waals surface area contributed by atoms with Gasteiger partial charge in [-0.1, -0.05) is 210 Å². The quantitative estimate of drug-likeness (QED) is 0.148. The fourth-order valence-corrected chi connectivity index (χ4v) is 12.5. The van der Waals surface area contributed by atoms with Crippen LogP contribution in [0, 0.1) is 0 Å². The summed E-state index contributed by atoms with van der Waals surface area (Å²) in [6.07, 6.45) is 0. The number of anilines is 9. The second kappa shape index (κ2) is 19.1. The van der Waals surface area contributed by atoms with Crippen LogP contribution in [0.15, 0.2) is 223 Å². The second-order valence-corrected chi connectivity index (χ2v) is 26.7. The minimum Gasteiger partial charge on any atom is -0.456 e. The summed E-state index contributed by atoms with van der Waals surface area (Å²) in [5, 5.41) is 2.28. The Morgan fingerprint density at radius 1 is 0.346 bits per heavy atom. The first-order valence-corrected chi connectivity index (χ1v) is 28.9. The summed E-state index contributed by atoms with van der Waals surface area (Å²) in [5.74, 6) is 0. The Labute approximate surface area is 480 Å². The molecule has 0 fully saturated rings. The molecule has 400 valence electrons. The number of benzene rings is 10. The van der Waals surface area contributed by atoms with Gasteiger partial charge < -0.3 is 19.1 Å². The first kappa shape index (κ1) is 51.9. The first-order valence-electron chi connectivity index (χ1n) is 28.9. The average Bonchev–Trinajstić information content (AvgIpc) is 3.87. The molecule has 0 N–H and O–H groups in total. The van der Waals surface area contributed by atoms with Crippen molar-refractivity contribution in [1.82, 2.24) is 0 Å². The largest absolute Gasteiger partial charge is 0.456 e. The molecule has 81 heavy (non-hydrogen) atoms. The molecule has 0 unspecified atom stereocenters. The Morgan fingerprint density at radius 2 is 0.877 bits per heavy atom. The molecule has 0 aliphatic carbocycles. The first-order chi connectivity index (χ1) is 38.7. The van der Waals surface area contributed by atoms with Crippen molar-refractivity contribution in [2.24, 2.45) is 0 Å². The second-order valence-electron chi connectivity index (χ2n) is 26.7. The predicted octanol–water partition coefficient (Wildman–Crippen LogP) is 19.7. The van der Waals surface area contributed by atoms with Crippen LogP contribution >= 0.6 is 0 Å². The number of hydrogen-bond acceptors (Lipinski definition) is 4. The molecule has 0 atom stereocenters. The van der Waals surface area contributed by atoms with Crippen LogP contribution in [0.4, 0.5) is 51.2 Å². The summed E-state index contributed by atoms with van der Waals surface area (Å²) in [4.78, 5) is 7.63. The van der Waals surface area contributed by atoms with E-state index in [9.17, 15) is 0 Å². The Morgan fingerprint density at radius 3 is 1.53 bits per heavy atom. The molecule has 2 aliphatic rings. The van der Waals surface area contributed by atoms with Crippen molar-refractivity contribution in [3.05, 3.63) is 241 Å². The van der Waals surface area contributed by atoms with Gasteiger partial charge in [0, 0.05) is 61.8 Å². The minimum absolute atomic E-state index is 0.00674. The number of para-hydroxylation sites is 2. The molecule has 11 aromatic rings. The van der Waals surface area contributed by atoms with E-state index in [1.54, 1.807) is 0 Å². The van der Waals surface area contributed by atoms with E-state index in [0.717, 1.165) is 61.5 Å². The number of nitrogens with zero attached hydrogens (tertiary/aromatic N) is 3. The molecular weight excluding hydrogens is 982 g/mol. The summed E-state index contributed by atoms with van der Waals surface area (Å²) in [6.45, 7) is 27.8. The van der Waals surface area contributed by atoms with Crippen LogP contribution in [0.1, 0.15) is 105 Å². The highest BCUT2D eigenvalue weighted by Gasteiger charge is 2.45. The van der Waals surface area contributed by atoms with Gasteiger partial charge in [-0.3, -0.25) is 0 Å². The molecule has 3 heterocycles.